The smallest absolute Gasteiger partial charge is 0.130 e. The van der Waals surface area contributed by atoms with Crippen LogP contribution in [0.15, 0.2) is 18.2 Å². The Labute approximate surface area is 119 Å². The lowest BCUT2D eigenvalue weighted by Gasteiger charge is -2.32. The minimum Gasteiger partial charge on any atom is -0.314 e. The first kappa shape index (κ1) is 14.0. The highest BCUT2D eigenvalue weighted by molar-refractivity contribution is 5.18. The summed E-state index contributed by atoms with van der Waals surface area (Å²) < 4.78 is 26.5. The van der Waals surface area contributed by atoms with E-state index in [0.29, 0.717) is 12.1 Å². The van der Waals surface area contributed by atoms with Crippen molar-refractivity contribution in [2.75, 3.05) is 19.6 Å². The summed E-state index contributed by atoms with van der Waals surface area (Å²) in [5.74, 6) is -0.177. The molecule has 1 aliphatic carbocycles. The molecule has 1 aromatic rings. The fourth-order valence-corrected chi connectivity index (χ4v) is 2.86. The molecular formula is C16H22F2N2. The number of piperidine rings is 1. The normalized spacial score (nSPS) is 21.3. The van der Waals surface area contributed by atoms with Crippen molar-refractivity contribution in [3.05, 3.63) is 35.4 Å². The zero-order valence-corrected chi connectivity index (χ0v) is 11.7. The van der Waals surface area contributed by atoms with Gasteiger partial charge in [0, 0.05) is 24.2 Å². The SMILES string of the molecule is Fc1ccc(CN2CCC(CNC3CC3)CC2)c(F)c1. The molecule has 0 atom stereocenters. The van der Waals surface area contributed by atoms with Gasteiger partial charge >= 0.3 is 0 Å². The quantitative estimate of drug-likeness (QED) is 0.892. The molecule has 1 heterocycles. The second-order valence-corrected chi connectivity index (χ2v) is 6.14. The molecule has 1 saturated carbocycles. The van der Waals surface area contributed by atoms with Crippen LogP contribution in [-0.4, -0.2) is 30.6 Å². The molecule has 110 valence electrons. The van der Waals surface area contributed by atoms with Crippen molar-refractivity contribution in [1.82, 2.24) is 10.2 Å². The van der Waals surface area contributed by atoms with Crippen LogP contribution in [0.5, 0.6) is 0 Å². The molecule has 2 nitrogen and oxygen atoms in total. The van der Waals surface area contributed by atoms with Crippen LogP contribution in [0.3, 0.4) is 0 Å². The highest BCUT2D eigenvalue weighted by Gasteiger charge is 2.24. The highest BCUT2D eigenvalue weighted by atomic mass is 19.1. The Hall–Kier alpha value is -1.00. The van der Waals surface area contributed by atoms with Gasteiger partial charge in [0.1, 0.15) is 11.6 Å². The van der Waals surface area contributed by atoms with Crippen LogP contribution in [0.4, 0.5) is 8.78 Å². The first-order valence-corrected chi connectivity index (χ1v) is 7.60. The maximum absolute atomic E-state index is 13.6. The third kappa shape index (κ3) is 3.76. The maximum atomic E-state index is 13.6. The lowest BCUT2D eigenvalue weighted by Crippen LogP contribution is -2.37. The van der Waals surface area contributed by atoms with Crippen molar-refractivity contribution < 1.29 is 8.78 Å². The largest absolute Gasteiger partial charge is 0.314 e. The second-order valence-electron chi connectivity index (χ2n) is 6.14. The van der Waals surface area contributed by atoms with Gasteiger partial charge in [-0.15, -0.1) is 0 Å². The van der Waals surface area contributed by atoms with Gasteiger partial charge < -0.3 is 5.32 Å². The zero-order valence-electron chi connectivity index (χ0n) is 11.7. The van der Waals surface area contributed by atoms with Gasteiger partial charge in [0.25, 0.3) is 0 Å². The van der Waals surface area contributed by atoms with Gasteiger partial charge in [0.15, 0.2) is 0 Å². The minimum absolute atomic E-state index is 0.428. The van der Waals surface area contributed by atoms with Crippen molar-refractivity contribution in [1.29, 1.82) is 0 Å². The molecule has 1 N–H and O–H groups in total. The first-order valence-electron chi connectivity index (χ1n) is 7.60. The molecule has 0 bridgehead atoms. The van der Waals surface area contributed by atoms with Crippen LogP contribution in [0.1, 0.15) is 31.2 Å². The molecule has 0 amide bonds. The standard InChI is InChI=1S/C16H22F2N2/c17-14-2-1-13(16(18)9-14)11-20-7-5-12(6-8-20)10-19-15-3-4-15/h1-2,9,12,15,19H,3-8,10-11H2. The number of likely N-dealkylation sites (tertiary alicyclic amines) is 1. The van der Waals surface area contributed by atoms with Crippen molar-refractivity contribution in [2.24, 2.45) is 5.92 Å². The number of rotatable bonds is 5. The van der Waals surface area contributed by atoms with Crippen molar-refractivity contribution in [3.8, 4) is 0 Å². The van der Waals surface area contributed by atoms with Crippen LogP contribution >= 0.6 is 0 Å². The Morgan fingerprint density at radius 1 is 1.10 bits per heavy atom. The molecule has 1 aliphatic heterocycles. The molecule has 0 aromatic heterocycles. The van der Waals surface area contributed by atoms with Gasteiger partial charge in [-0.25, -0.2) is 8.78 Å². The van der Waals surface area contributed by atoms with Crippen molar-refractivity contribution in [2.45, 2.75) is 38.3 Å². The van der Waals surface area contributed by atoms with Gasteiger partial charge in [-0.3, -0.25) is 4.90 Å². The molecule has 3 rings (SSSR count). The summed E-state index contributed by atoms with van der Waals surface area (Å²) in [7, 11) is 0. The molecule has 1 aromatic carbocycles. The molecule has 4 heteroatoms. The summed E-state index contributed by atoms with van der Waals surface area (Å²) in [5.41, 5.74) is 0.598. The van der Waals surface area contributed by atoms with Gasteiger partial charge in [-0.05, 0) is 57.3 Å². The molecule has 0 unspecified atom stereocenters. The van der Waals surface area contributed by atoms with Crippen LogP contribution in [-0.2, 0) is 6.54 Å². The van der Waals surface area contributed by atoms with Crippen LogP contribution in [0, 0.1) is 17.6 Å². The number of hydrogen-bond donors (Lipinski definition) is 1. The van der Waals surface area contributed by atoms with E-state index < -0.39 is 11.6 Å². The number of benzene rings is 1. The summed E-state index contributed by atoms with van der Waals surface area (Å²) in [4.78, 5) is 2.27. The Bertz CT molecular complexity index is 452. The molecule has 0 radical (unpaired) electrons. The zero-order chi connectivity index (χ0) is 13.9. The molecule has 0 spiro atoms. The first-order chi connectivity index (χ1) is 9.70. The predicted molar refractivity (Wildman–Crippen MR) is 75.4 cm³/mol. The molecule has 20 heavy (non-hydrogen) atoms. The van der Waals surface area contributed by atoms with Gasteiger partial charge in [-0.1, -0.05) is 6.07 Å². The minimum atomic E-state index is -0.504. The summed E-state index contributed by atoms with van der Waals surface area (Å²) in [6.07, 6.45) is 5.01. The Kier molecular flexibility index (Phi) is 4.32. The fourth-order valence-electron chi connectivity index (χ4n) is 2.86. The highest BCUT2D eigenvalue weighted by Crippen LogP contribution is 2.23. The van der Waals surface area contributed by atoms with Gasteiger partial charge in [0.2, 0.25) is 0 Å². The van der Waals surface area contributed by atoms with E-state index in [9.17, 15) is 8.78 Å². The summed E-state index contributed by atoms with van der Waals surface area (Å²) in [6.45, 7) is 3.74. The molecule has 1 saturated heterocycles. The topological polar surface area (TPSA) is 15.3 Å². The third-order valence-corrected chi connectivity index (χ3v) is 4.39. The summed E-state index contributed by atoms with van der Waals surface area (Å²) in [6, 6.07) is 4.65. The predicted octanol–water partition coefficient (Wildman–Crippen LogP) is 2.93. The van der Waals surface area contributed by atoms with E-state index in [2.05, 4.69) is 10.2 Å². The molecule has 2 fully saturated rings. The lowest BCUT2D eigenvalue weighted by atomic mass is 9.96. The third-order valence-electron chi connectivity index (χ3n) is 4.39. The number of nitrogens with one attached hydrogen (secondary N) is 1. The van der Waals surface area contributed by atoms with E-state index in [4.69, 9.17) is 0 Å². The van der Waals surface area contributed by atoms with E-state index in [1.165, 1.54) is 31.7 Å². The summed E-state index contributed by atoms with van der Waals surface area (Å²) in [5, 5.41) is 3.59. The number of hydrogen-bond acceptors (Lipinski definition) is 2. The summed E-state index contributed by atoms with van der Waals surface area (Å²) >= 11 is 0. The molecule has 2 aliphatic rings. The average Bonchev–Trinajstić information content (AvgIpc) is 3.25. The number of nitrogens with zero attached hydrogens (tertiary/aromatic N) is 1. The van der Waals surface area contributed by atoms with E-state index >= 15 is 0 Å². The van der Waals surface area contributed by atoms with Crippen LogP contribution in [0.25, 0.3) is 0 Å². The lowest BCUT2D eigenvalue weighted by molar-refractivity contribution is 0.173. The van der Waals surface area contributed by atoms with E-state index in [-0.39, 0.29) is 0 Å². The Morgan fingerprint density at radius 3 is 2.50 bits per heavy atom. The average molecular weight is 280 g/mol. The van der Waals surface area contributed by atoms with E-state index in [1.54, 1.807) is 6.07 Å². The van der Waals surface area contributed by atoms with Gasteiger partial charge in [0.05, 0.1) is 0 Å². The van der Waals surface area contributed by atoms with Gasteiger partial charge in [-0.2, -0.15) is 0 Å². The fraction of sp³-hybridized carbons (Fsp3) is 0.625. The number of halogens is 2. The van der Waals surface area contributed by atoms with E-state index in [0.717, 1.165) is 37.7 Å². The maximum Gasteiger partial charge on any atom is 0.130 e. The monoisotopic (exact) mass is 280 g/mol. The molecular weight excluding hydrogens is 258 g/mol. The second kappa shape index (κ2) is 6.19. The van der Waals surface area contributed by atoms with Crippen LogP contribution < -0.4 is 5.32 Å². The van der Waals surface area contributed by atoms with Crippen LogP contribution in [0.2, 0.25) is 0 Å². The van der Waals surface area contributed by atoms with E-state index in [1.807, 2.05) is 0 Å². The van der Waals surface area contributed by atoms with Crippen molar-refractivity contribution in [3.63, 3.8) is 0 Å². The Morgan fingerprint density at radius 2 is 1.85 bits per heavy atom. The van der Waals surface area contributed by atoms with Crippen molar-refractivity contribution >= 4 is 0 Å². The Balaban J connectivity index is 1.45.